The van der Waals surface area contributed by atoms with Crippen LogP contribution in [0.15, 0.2) is 46.9 Å². The van der Waals surface area contributed by atoms with Crippen LogP contribution in [-0.2, 0) is 0 Å². The van der Waals surface area contributed by atoms with Crippen molar-refractivity contribution in [3.05, 3.63) is 69.4 Å². The van der Waals surface area contributed by atoms with Crippen LogP contribution >= 0.6 is 15.9 Å². The van der Waals surface area contributed by atoms with Crippen LogP contribution in [0, 0.1) is 17.1 Å². The molecule has 2 nitrogen and oxygen atoms in total. The van der Waals surface area contributed by atoms with Crippen LogP contribution in [0.2, 0.25) is 0 Å². The summed E-state index contributed by atoms with van der Waals surface area (Å²) >= 11 is 3.26. The third kappa shape index (κ3) is 2.31. The average Bonchev–Trinajstić information content (AvgIpc) is 2.38. The van der Waals surface area contributed by atoms with Crippen molar-refractivity contribution < 1.29 is 9.18 Å². The lowest BCUT2D eigenvalue weighted by Crippen LogP contribution is -2.05. The SMILES string of the molecule is N#Cc1ccc(F)cc1C(=O)c1ccccc1Br. The maximum Gasteiger partial charge on any atom is 0.195 e. The molecule has 2 rings (SSSR count). The van der Waals surface area contributed by atoms with E-state index < -0.39 is 5.82 Å². The molecule has 0 aliphatic heterocycles. The molecule has 88 valence electrons. The number of benzene rings is 2. The Balaban J connectivity index is 2.57. The maximum absolute atomic E-state index is 13.2. The largest absolute Gasteiger partial charge is 0.289 e. The molecule has 0 aliphatic carbocycles. The number of hydrogen-bond donors (Lipinski definition) is 0. The molecule has 0 unspecified atom stereocenters. The first-order valence-corrected chi connectivity index (χ1v) is 5.91. The zero-order valence-electron chi connectivity index (χ0n) is 9.15. The van der Waals surface area contributed by atoms with Gasteiger partial charge in [0.2, 0.25) is 0 Å². The number of carbonyl (C=O) groups is 1. The van der Waals surface area contributed by atoms with Gasteiger partial charge in [0.15, 0.2) is 5.78 Å². The zero-order valence-corrected chi connectivity index (χ0v) is 10.7. The summed E-state index contributed by atoms with van der Waals surface area (Å²) in [7, 11) is 0. The van der Waals surface area contributed by atoms with Crippen LogP contribution in [0.3, 0.4) is 0 Å². The number of carbonyl (C=O) groups excluding carboxylic acids is 1. The topological polar surface area (TPSA) is 40.9 Å². The van der Waals surface area contributed by atoms with E-state index in [0.29, 0.717) is 10.0 Å². The van der Waals surface area contributed by atoms with Crippen LogP contribution in [0.4, 0.5) is 4.39 Å². The Morgan fingerprint density at radius 2 is 1.89 bits per heavy atom. The molecule has 0 spiro atoms. The van der Waals surface area contributed by atoms with E-state index in [2.05, 4.69) is 15.9 Å². The molecule has 0 atom stereocenters. The Labute approximate surface area is 112 Å². The molecule has 0 N–H and O–H groups in total. The van der Waals surface area contributed by atoms with Crippen molar-refractivity contribution in [1.29, 1.82) is 5.26 Å². The number of rotatable bonds is 2. The third-order valence-corrected chi connectivity index (χ3v) is 3.16. The Hall–Kier alpha value is -1.99. The Kier molecular flexibility index (Phi) is 3.54. The fraction of sp³-hybridized carbons (Fsp3) is 0. The molecular formula is C14H7BrFNO. The van der Waals surface area contributed by atoms with Gasteiger partial charge in [0.05, 0.1) is 11.6 Å². The molecule has 4 heteroatoms. The molecule has 0 radical (unpaired) electrons. The molecule has 0 saturated carbocycles. The van der Waals surface area contributed by atoms with Gasteiger partial charge < -0.3 is 0 Å². The minimum Gasteiger partial charge on any atom is -0.289 e. The number of ketones is 1. The lowest BCUT2D eigenvalue weighted by molar-refractivity contribution is 0.103. The minimum atomic E-state index is -0.538. The second-order valence-corrected chi connectivity index (χ2v) is 4.47. The molecule has 0 saturated heterocycles. The quantitative estimate of drug-likeness (QED) is 0.794. The predicted octanol–water partition coefficient (Wildman–Crippen LogP) is 3.69. The molecular weight excluding hydrogens is 297 g/mol. The van der Waals surface area contributed by atoms with Crippen molar-refractivity contribution in [3.8, 4) is 6.07 Å². The smallest absolute Gasteiger partial charge is 0.195 e. The number of hydrogen-bond acceptors (Lipinski definition) is 2. The summed E-state index contributed by atoms with van der Waals surface area (Å²) in [6, 6.07) is 12.3. The highest BCUT2D eigenvalue weighted by atomic mass is 79.9. The van der Waals surface area contributed by atoms with Gasteiger partial charge in [-0.1, -0.05) is 28.1 Å². The van der Waals surface area contributed by atoms with Crippen LogP contribution in [0.1, 0.15) is 21.5 Å². The van der Waals surface area contributed by atoms with Gasteiger partial charge in [-0.3, -0.25) is 4.79 Å². The highest BCUT2D eigenvalue weighted by molar-refractivity contribution is 9.10. The first-order valence-electron chi connectivity index (χ1n) is 5.12. The summed E-state index contributed by atoms with van der Waals surface area (Å²) in [6.45, 7) is 0. The highest BCUT2D eigenvalue weighted by Gasteiger charge is 2.16. The van der Waals surface area contributed by atoms with E-state index in [1.807, 2.05) is 6.07 Å². The molecule has 0 aromatic heterocycles. The number of nitrogens with zero attached hydrogens (tertiary/aromatic N) is 1. The lowest BCUT2D eigenvalue weighted by Gasteiger charge is -2.05. The monoisotopic (exact) mass is 303 g/mol. The van der Waals surface area contributed by atoms with Crippen LogP contribution in [0.5, 0.6) is 0 Å². The summed E-state index contributed by atoms with van der Waals surface area (Å²) in [5.74, 6) is -0.914. The van der Waals surface area contributed by atoms with Gasteiger partial charge in [-0.15, -0.1) is 0 Å². The van der Waals surface area contributed by atoms with Gasteiger partial charge >= 0.3 is 0 Å². The summed E-state index contributed by atoms with van der Waals surface area (Å²) in [4.78, 5) is 12.3. The maximum atomic E-state index is 13.2. The summed E-state index contributed by atoms with van der Waals surface area (Å²) in [5.41, 5.74) is 0.640. The van der Waals surface area contributed by atoms with Crippen molar-refractivity contribution in [2.75, 3.05) is 0 Å². The first-order chi connectivity index (χ1) is 8.63. The number of halogens is 2. The van der Waals surface area contributed by atoms with Gasteiger partial charge in [0.1, 0.15) is 5.82 Å². The summed E-state index contributed by atoms with van der Waals surface area (Å²) < 4.78 is 13.8. The normalized spacial score (nSPS) is 9.83. The molecule has 2 aromatic carbocycles. The second-order valence-electron chi connectivity index (χ2n) is 3.61. The molecule has 2 aromatic rings. The standard InChI is InChI=1S/C14H7BrFNO/c15-13-4-2-1-3-11(13)14(18)12-7-10(16)6-5-9(12)8-17/h1-7H. The van der Waals surface area contributed by atoms with E-state index >= 15 is 0 Å². The first kappa shape index (κ1) is 12.5. The fourth-order valence-electron chi connectivity index (χ4n) is 1.59. The van der Waals surface area contributed by atoms with E-state index in [4.69, 9.17) is 5.26 Å². The molecule has 0 bridgehead atoms. The van der Waals surface area contributed by atoms with E-state index in [1.54, 1.807) is 24.3 Å². The zero-order chi connectivity index (χ0) is 13.1. The number of nitriles is 1. The second kappa shape index (κ2) is 5.11. The Morgan fingerprint density at radius 3 is 2.56 bits per heavy atom. The van der Waals surface area contributed by atoms with E-state index in [1.165, 1.54) is 6.07 Å². The van der Waals surface area contributed by atoms with Crippen molar-refractivity contribution >= 4 is 21.7 Å². The van der Waals surface area contributed by atoms with Crippen LogP contribution in [-0.4, -0.2) is 5.78 Å². The van der Waals surface area contributed by atoms with Crippen molar-refractivity contribution in [1.82, 2.24) is 0 Å². The Morgan fingerprint density at radius 1 is 1.17 bits per heavy atom. The average molecular weight is 304 g/mol. The lowest BCUT2D eigenvalue weighted by atomic mass is 9.99. The summed E-state index contributed by atoms with van der Waals surface area (Å²) in [5, 5.41) is 8.94. The van der Waals surface area contributed by atoms with Crippen LogP contribution in [0.25, 0.3) is 0 Å². The molecule has 0 amide bonds. The van der Waals surface area contributed by atoms with Gasteiger partial charge in [-0.2, -0.15) is 5.26 Å². The van der Waals surface area contributed by atoms with Crippen molar-refractivity contribution in [2.45, 2.75) is 0 Å². The molecule has 0 fully saturated rings. The highest BCUT2D eigenvalue weighted by Crippen LogP contribution is 2.22. The minimum absolute atomic E-state index is 0.0735. The van der Waals surface area contributed by atoms with Gasteiger partial charge in [0, 0.05) is 15.6 Å². The molecule has 18 heavy (non-hydrogen) atoms. The van der Waals surface area contributed by atoms with E-state index in [9.17, 15) is 9.18 Å². The van der Waals surface area contributed by atoms with Crippen molar-refractivity contribution in [2.24, 2.45) is 0 Å². The van der Waals surface area contributed by atoms with Gasteiger partial charge in [-0.05, 0) is 30.3 Å². The molecule has 0 aliphatic rings. The van der Waals surface area contributed by atoms with Crippen molar-refractivity contribution in [3.63, 3.8) is 0 Å². The van der Waals surface area contributed by atoms with E-state index in [-0.39, 0.29) is 16.9 Å². The van der Waals surface area contributed by atoms with E-state index in [0.717, 1.165) is 12.1 Å². The predicted molar refractivity (Wildman–Crippen MR) is 68.7 cm³/mol. The van der Waals surface area contributed by atoms with Gasteiger partial charge in [-0.25, -0.2) is 4.39 Å². The molecule has 0 heterocycles. The van der Waals surface area contributed by atoms with Gasteiger partial charge in [0.25, 0.3) is 0 Å². The summed E-state index contributed by atoms with van der Waals surface area (Å²) in [6.07, 6.45) is 0. The fourth-order valence-corrected chi connectivity index (χ4v) is 2.06. The third-order valence-electron chi connectivity index (χ3n) is 2.47. The Bertz CT molecular complexity index is 661. The van der Waals surface area contributed by atoms with Crippen LogP contribution < -0.4 is 0 Å².